The third-order valence-electron chi connectivity index (χ3n) is 3.37. The molecule has 1 aromatic carbocycles. The van der Waals surface area contributed by atoms with Gasteiger partial charge in [0.25, 0.3) is 0 Å². The number of rotatable bonds is 6. The van der Waals surface area contributed by atoms with E-state index < -0.39 is 0 Å². The first-order valence-corrected chi connectivity index (χ1v) is 7.10. The highest BCUT2D eigenvalue weighted by Gasteiger charge is 2.23. The third-order valence-corrected chi connectivity index (χ3v) is 3.37. The number of amides is 1. The molecule has 0 aromatic heterocycles. The van der Waals surface area contributed by atoms with E-state index in [1.54, 1.807) is 4.90 Å². The molecule has 0 saturated carbocycles. The maximum atomic E-state index is 12.2. The second-order valence-electron chi connectivity index (χ2n) is 4.71. The minimum atomic E-state index is -0.0101. The van der Waals surface area contributed by atoms with Gasteiger partial charge < -0.3 is 20.1 Å². The number of para-hydroxylation sites is 2. The van der Waals surface area contributed by atoms with E-state index in [2.05, 4.69) is 0 Å². The minimum Gasteiger partial charge on any atom is -0.491 e. The fraction of sp³-hybridized carbons (Fsp3) is 0.533. The summed E-state index contributed by atoms with van der Waals surface area (Å²) >= 11 is 0. The maximum absolute atomic E-state index is 12.2. The Morgan fingerprint density at radius 3 is 3.00 bits per heavy atom. The van der Waals surface area contributed by atoms with Crippen molar-refractivity contribution in [3.63, 3.8) is 0 Å². The molecule has 5 heteroatoms. The lowest BCUT2D eigenvalue weighted by Crippen LogP contribution is -2.35. The van der Waals surface area contributed by atoms with E-state index in [0.29, 0.717) is 32.7 Å². The lowest BCUT2D eigenvalue weighted by Gasteiger charge is -2.24. The number of fused-ring (bicyclic) bond motifs is 1. The van der Waals surface area contributed by atoms with Gasteiger partial charge in [-0.1, -0.05) is 12.1 Å². The van der Waals surface area contributed by atoms with Gasteiger partial charge in [0.05, 0.1) is 24.8 Å². The van der Waals surface area contributed by atoms with Crippen LogP contribution < -0.4 is 15.4 Å². The first-order valence-electron chi connectivity index (χ1n) is 7.10. The normalized spacial score (nSPS) is 16.3. The highest BCUT2D eigenvalue weighted by molar-refractivity contribution is 5.95. The van der Waals surface area contributed by atoms with E-state index in [-0.39, 0.29) is 12.0 Å². The zero-order valence-electron chi connectivity index (χ0n) is 11.9. The number of nitrogens with zero attached hydrogens (tertiary/aromatic N) is 1. The predicted octanol–water partition coefficient (Wildman–Crippen LogP) is 1.56. The molecule has 1 aliphatic heterocycles. The van der Waals surface area contributed by atoms with Crippen molar-refractivity contribution >= 4 is 11.6 Å². The first-order chi connectivity index (χ1) is 9.76. The highest BCUT2D eigenvalue weighted by Crippen LogP contribution is 2.31. The summed E-state index contributed by atoms with van der Waals surface area (Å²) in [5, 5.41) is 0. The minimum absolute atomic E-state index is 0.0101. The Morgan fingerprint density at radius 1 is 1.45 bits per heavy atom. The molecule has 0 radical (unpaired) electrons. The molecule has 110 valence electrons. The molecule has 0 aliphatic carbocycles. The van der Waals surface area contributed by atoms with Crippen LogP contribution in [0.15, 0.2) is 24.3 Å². The van der Waals surface area contributed by atoms with Crippen molar-refractivity contribution in [2.75, 3.05) is 31.2 Å². The van der Waals surface area contributed by atoms with Gasteiger partial charge in [0.1, 0.15) is 5.75 Å². The molecule has 1 aliphatic rings. The van der Waals surface area contributed by atoms with Crippen LogP contribution in [0.5, 0.6) is 5.75 Å². The summed E-state index contributed by atoms with van der Waals surface area (Å²) in [6.07, 6.45) is 1.12. The largest absolute Gasteiger partial charge is 0.491 e. The molecule has 0 bridgehead atoms. The van der Waals surface area contributed by atoms with Crippen LogP contribution in [0.25, 0.3) is 0 Å². The number of nitrogens with two attached hydrogens (primary N) is 1. The summed E-state index contributed by atoms with van der Waals surface area (Å²) in [6, 6.07) is 7.63. The number of hydrogen-bond donors (Lipinski definition) is 1. The summed E-state index contributed by atoms with van der Waals surface area (Å²) in [7, 11) is 0. The average Bonchev–Trinajstić information content (AvgIpc) is 2.62. The van der Waals surface area contributed by atoms with Gasteiger partial charge in [0.15, 0.2) is 0 Å². The van der Waals surface area contributed by atoms with Crippen molar-refractivity contribution in [1.29, 1.82) is 0 Å². The van der Waals surface area contributed by atoms with Crippen LogP contribution in [-0.4, -0.2) is 38.3 Å². The Labute approximate surface area is 119 Å². The smallest absolute Gasteiger partial charge is 0.230 e. The molecule has 0 fully saturated rings. The van der Waals surface area contributed by atoms with Crippen molar-refractivity contribution in [1.82, 2.24) is 0 Å². The summed E-state index contributed by atoms with van der Waals surface area (Å²) in [5.74, 6) is 0.848. The standard InChI is InChI=1S/C15H22N2O3/c1-2-19-12(11-16)7-9-17-13-5-3-4-6-14(13)20-10-8-15(17)18/h3-6,12H,2,7-11,16H2,1H3. The summed E-state index contributed by atoms with van der Waals surface area (Å²) in [5.41, 5.74) is 6.52. The van der Waals surface area contributed by atoms with Gasteiger partial charge >= 0.3 is 0 Å². The summed E-state index contributed by atoms with van der Waals surface area (Å²) in [6.45, 7) is 4.08. The van der Waals surface area contributed by atoms with Crippen LogP contribution in [0.4, 0.5) is 5.69 Å². The molecule has 0 spiro atoms. The van der Waals surface area contributed by atoms with Crippen molar-refractivity contribution in [3.05, 3.63) is 24.3 Å². The zero-order valence-corrected chi connectivity index (χ0v) is 11.9. The van der Waals surface area contributed by atoms with Gasteiger partial charge in [-0.3, -0.25) is 4.79 Å². The SMILES string of the molecule is CCOC(CN)CCN1C(=O)CCOc2ccccc21. The lowest BCUT2D eigenvalue weighted by atomic mass is 10.2. The fourth-order valence-electron chi connectivity index (χ4n) is 2.34. The van der Waals surface area contributed by atoms with Gasteiger partial charge in [-0.15, -0.1) is 0 Å². The molecule has 1 heterocycles. The van der Waals surface area contributed by atoms with Gasteiger partial charge in [-0.25, -0.2) is 0 Å². The number of ether oxygens (including phenoxy) is 2. The zero-order chi connectivity index (χ0) is 14.4. The molecule has 1 amide bonds. The molecule has 0 saturated heterocycles. The Morgan fingerprint density at radius 2 is 2.25 bits per heavy atom. The number of carbonyl (C=O) groups excluding carboxylic acids is 1. The predicted molar refractivity (Wildman–Crippen MR) is 78.0 cm³/mol. The number of anilines is 1. The molecule has 2 N–H and O–H groups in total. The Balaban J connectivity index is 2.10. The molecular weight excluding hydrogens is 256 g/mol. The van der Waals surface area contributed by atoms with Crippen molar-refractivity contribution in [2.24, 2.45) is 5.73 Å². The average molecular weight is 278 g/mol. The summed E-state index contributed by atoms with van der Waals surface area (Å²) in [4.78, 5) is 14.0. The quantitative estimate of drug-likeness (QED) is 0.857. The molecule has 1 unspecified atom stereocenters. The molecular formula is C15H22N2O3. The lowest BCUT2D eigenvalue weighted by molar-refractivity contribution is -0.118. The molecule has 1 atom stereocenters. The van der Waals surface area contributed by atoms with E-state index in [1.165, 1.54) is 0 Å². The van der Waals surface area contributed by atoms with Gasteiger partial charge in [-0.2, -0.15) is 0 Å². The van der Waals surface area contributed by atoms with Crippen molar-refractivity contribution in [2.45, 2.75) is 25.9 Å². The number of benzene rings is 1. The van der Waals surface area contributed by atoms with E-state index in [9.17, 15) is 4.79 Å². The molecule has 20 heavy (non-hydrogen) atoms. The van der Waals surface area contributed by atoms with Crippen molar-refractivity contribution < 1.29 is 14.3 Å². The topological polar surface area (TPSA) is 64.8 Å². The van der Waals surface area contributed by atoms with Gasteiger partial charge in [0.2, 0.25) is 5.91 Å². The van der Waals surface area contributed by atoms with Crippen LogP contribution in [0.2, 0.25) is 0 Å². The van der Waals surface area contributed by atoms with E-state index in [4.69, 9.17) is 15.2 Å². The Hall–Kier alpha value is -1.59. The Bertz CT molecular complexity index is 450. The maximum Gasteiger partial charge on any atom is 0.230 e. The van der Waals surface area contributed by atoms with Crippen LogP contribution in [-0.2, 0) is 9.53 Å². The highest BCUT2D eigenvalue weighted by atomic mass is 16.5. The molecule has 1 aromatic rings. The van der Waals surface area contributed by atoms with E-state index in [0.717, 1.165) is 17.9 Å². The third kappa shape index (κ3) is 3.49. The van der Waals surface area contributed by atoms with Crippen molar-refractivity contribution in [3.8, 4) is 5.75 Å². The second kappa shape index (κ2) is 7.26. The Kier molecular flexibility index (Phi) is 5.38. The monoisotopic (exact) mass is 278 g/mol. The van der Waals surface area contributed by atoms with E-state index in [1.807, 2.05) is 31.2 Å². The van der Waals surface area contributed by atoms with Crippen LogP contribution >= 0.6 is 0 Å². The van der Waals surface area contributed by atoms with Crippen LogP contribution in [0.1, 0.15) is 19.8 Å². The first kappa shape index (κ1) is 14.8. The fourth-order valence-corrected chi connectivity index (χ4v) is 2.34. The number of hydrogen-bond acceptors (Lipinski definition) is 4. The second-order valence-corrected chi connectivity index (χ2v) is 4.71. The van der Waals surface area contributed by atoms with E-state index >= 15 is 0 Å². The summed E-state index contributed by atoms with van der Waals surface area (Å²) < 4.78 is 11.2. The van der Waals surface area contributed by atoms with Gasteiger partial charge in [0, 0.05) is 19.7 Å². The molecule has 5 nitrogen and oxygen atoms in total. The van der Waals surface area contributed by atoms with Crippen LogP contribution in [0, 0.1) is 0 Å². The van der Waals surface area contributed by atoms with Gasteiger partial charge in [-0.05, 0) is 25.5 Å². The molecule has 2 rings (SSSR count). The van der Waals surface area contributed by atoms with Crippen LogP contribution in [0.3, 0.4) is 0 Å². The number of carbonyl (C=O) groups is 1.